The van der Waals surface area contributed by atoms with Crippen LogP contribution in [0.15, 0.2) is 12.2 Å². The summed E-state index contributed by atoms with van der Waals surface area (Å²) in [6.07, 6.45) is 6.10. The molecule has 64 valence electrons. The number of nitrogens with two attached hydrogens (primary N) is 1. The van der Waals surface area contributed by atoms with E-state index in [0.29, 0.717) is 6.04 Å². The van der Waals surface area contributed by atoms with Gasteiger partial charge >= 0.3 is 6.16 Å². The summed E-state index contributed by atoms with van der Waals surface area (Å²) in [6.45, 7) is 0. The van der Waals surface area contributed by atoms with E-state index in [1.165, 1.54) is 19.3 Å². The molecule has 4 heteroatoms. The van der Waals surface area contributed by atoms with Gasteiger partial charge in [0.25, 0.3) is 0 Å². The van der Waals surface area contributed by atoms with Crippen LogP contribution in [0.25, 0.3) is 0 Å². The van der Waals surface area contributed by atoms with Crippen LogP contribution in [0.3, 0.4) is 0 Å². The first-order valence-electron chi connectivity index (χ1n) is 3.47. The third-order valence-electron chi connectivity index (χ3n) is 1.29. The van der Waals surface area contributed by atoms with Crippen molar-refractivity contribution in [2.45, 2.75) is 25.3 Å². The molecule has 1 atom stereocenters. The van der Waals surface area contributed by atoms with E-state index in [-0.39, 0.29) is 0 Å². The minimum atomic E-state index is -1.83. The van der Waals surface area contributed by atoms with Crippen molar-refractivity contribution in [1.82, 2.24) is 0 Å². The van der Waals surface area contributed by atoms with E-state index in [1.54, 1.807) is 0 Å². The summed E-state index contributed by atoms with van der Waals surface area (Å²) in [5.74, 6) is 0. The van der Waals surface area contributed by atoms with Gasteiger partial charge in [-0.25, -0.2) is 4.79 Å². The normalized spacial score (nSPS) is 21.7. The van der Waals surface area contributed by atoms with Crippen molar-refractivity contribution in [1.29, 1.82) is 0 Å². The first kappa shape index (κ1) is 9.97. The highest BCUT2D eigenvalue weighted by Gasteiger charge is 1.99. The zero-order chi connectivity index (χ0) is 8.69. The van der Waals surface area contributed by atoms with Crippen molar-refractivity contribution in [2.24, 2.45) is 5.73 Å². The van der Waals surface area contributed by atoms with Crippen LogP contribution in [0.5, 0.6) is 0 Å². The Kier molecular flexibility index (Phi) is 5.20. The Morgan fingerprint density at radius 3 is 2.27 bits per heavy atom. The molecule has 0 fully saturated rings. The Morgan fingerprint density at radius 1 is 1.55 bits per heavy atom. The van der Waals surface area contributed by atoms with Crippen LogP contribution in [0.2, 0.25) is 0 Å². The molecule has 4 nitrogen and oxygen atoms in total. The van der Waals surface area contributed by atoms with Gasteiger partial charge in [0.05, 0.1) is 0 Å². The number of allylic oxidation sites excluding steroid dienone is 1. The zero-order valence-corrected chi connectivity index (χ0v) is 6.23. The van der Waals surface area contributed by atoms with Crippen LogP contribution in [-0.2, 0) is 0 Å². The molecule has 0 amide bonds. The van der Waals surface area contributed by atoms with Gasteiger partial charge in [-0.3, -0.25) is 0 Å². The van der Waals surface area contributed by atoms with Crippen LogP contribution < -0.4 is 5.73 Å². The molecule has 1 unspecified atom stereocenters. The fraction of sp³-hybridized carbons (Fsp3) is 0.571. The fourth-order valence-electron chi connectivity index (χ4n) is 0.839. The second kappa shape index (κ2) is 5.73. The number of hydrogen-bond acceptors (Lipinski definition) is 2. The van der Waals surface area contributed by atoms with E-state index < -0.39 is 6.16 Å². The third kappa shape index (κ3) is 8.97. The summed E-state index contributed by atoms with van der Waals surface area (Å²) in [5.41, 5.74) is 5.55. The Hall–Kier alpha value is -1.03. The molecule has 0 saturated carbocycles. The van der Waals surface area contributed by atoms with E-state index in [2.05, 4.69) is 12.2 Å². The van der Waals surface area contributed by atoms with Crippen molar-refractivity contribution >= 4 is 6.16 Å². The molecule has 1 rings (SSSR count). The molecule has 0 radical (unpaired) electrons. The van der Waals surface area contributed by atoms with Crippen molar-refractivity contribution in [2.75, 3.05) is 0 Å². The third-order valence-corrected chi connectivity index (χ3v) is 1.29. The van der Waals surface area contributed by atoms with Gasteiger partial charge in [0.2, 0.25) is 0 Å². The maximum Gasteiger partial charge on any atom is 0.503 e. The lowest BCUT2D eigenvalue weighted by molar-refractivity contribution is 0.137. The second-order valence-electron chi connectivity index (χ2n) is 2.31. The summed E-state index contributed by atoms with van der Waals surface area (Å²) < 4.78 is 0. The number of rotatable bonds is 0. The zero-order valence-electron chi connectivity index (χ0n) is 6.23. The average molecular weight is 159 g/mol. The Labute approximate surface area is 65.3 Å². The molecule has 11 heavy (non-hydrogen) atoms. The van der Waals surface area contributed by atoms with Crippen molar-refractivity contribution in [3.05, 3.63) is 12.2 Å². The Balaban J connectivity index is 0.000000218. The van der Waals surface area contributed by atoms with E-state index in [1.807, 2.05) is 0 Å². The highest BCUT2D eigenvalue weighted by atomic mass is 16.6. The summed E-state index contributed by atoms with van der Waals surface area (Å²) in [4.78, 5) is 8.56. The average Bonchev–Trinajstić information content (AvgIpc) is 1.87. The molecule has 0 heterocycles. The lowest BCUT2D eigenvalue weighted by atomic mass is 10.0. The highest BCUT2D eigenvalue weighted by molar-refractivity contribution is 5.53. The molecular formula is C7H13NO3. The molecule has 4 N–H and O–H groups in total. The molecular weight excluding hydrogens is 146 g/mol. The quantitative estimate of drug-likeness (QED) is 0.465. The summed E-state index contributed by atoms with van der Waals surface area (Å²) in [7, 11) is 0. The number of carboxylic acid groups (broad SMARTS) is 2. The van der Waals surface area contributed by atoms with Crippen molar-refractivity contribution in [3.8, 4) is 0 Å². The molecule has 0 bridgehead atoms. The minimum Gasteiger partial charge on any atom is -0.450 e. The van der Waals surface area contributed by atoms with Gasteiger partial charge in [-0.05, 0) is 19.3 Å². The summed E-state index contributed by atoms with van der Waals surface area (Å²) in [5, 5.41) is 13.9. The SMILES string of the molecule is NC1C=CCCC1.O=C(O)O. The van der Waals surface area contributed by atoms with Gasteiger partial charge in [0, 0.05) is 6.04 Å². The smallest absolute Gasteiger partial charge is 0.450 e. The van der Waals surface area contributed by atoms with Crippen LogP contribution >= 0.6 is 0 Å². The van der Waals surface area contributed by atoms with E-state index in [0.717, 1.165) is 0 Å². The Bertz CT molecular complexity index is 141. The van der Waals surface area contributed by atoms with Gasteiger partial charge in [-0.15, -0.1) is 0 Å². The molecule has 1 aliphatic rings. The van der Waals surface area contributed by atoms with E-state index in [9.17, 15) is 0 Å². The molecule has 0 aromatic rings. The summed E-state index contributed by atoms with van der Waals surface area (Å²) in [6, 6.07) is 0.355. The predicted molar refractivity (Wildman–Crippen MR) is 41.6 cm³/mol. The van der Waals surface area contributed by atoms with Gasteiger partial charge in [0.15, 0.2) is 0 Å². The molecule has 1 aliphatic carbocycles. The van der Waals surface area contributed by atoms with E-state index >= 15 is 0 Å². The minimum absolute atomic E-state index is 0.355. The number of hydrogen-bond donors (Lipinski definition) is 3. The van der Waals surface area contributed by atoms with Gasteiger partial charge in [-0.2, -0.15) is 0 Å². The maximum absolute atomic E-state index is 8.56. The van der Waals surface area contributed by atoms with Gasteiger partial charge in [-0.1, -0.05) is 12.2 Å². The maximum atomic E-state index is 8.56. The van der Waals surface area contributed by atoms with Crippen molar-refractivity contribution < 1.29 is 15.0 Å². The molecule has 0 aromatic carbocycles. The molecule has 0 saturated heterocycles. The van der Waals surface area contributed by atoms with Crippen LogP contribution in [0.1, 0.15) is 19.3 Å². The molecule has 0 aromatic heterocycles. The fourth-order valence-corrected chi connectivity index (χ4v) is 0.839. The van der Waals surface area contributed by atoms with Gasteiger partial charge < -0.3 is 15.9 Å². The number of carbonyl (C=O) groups is 1. The monoisotopic (exact) mass is 159 g/mol. The predicted octanol–water partition coefficient (Wildman–Crippen LogP) is 1.28. The molecule has 0 spiro atoms. The molecule has 0 aliphatic heterocycles. The van der Waals surface area contributed by atoms with Crippen LogP contribution in [0.4, 0.5) is 4.79 Å². The van der Waals surface area contributed by atoms with Crippen LogP contribution in [-0.4, -0.2) is 22.4 Å². The standard InChI is InChI=1S/C6H11N.CH2O3/c7-6-4-2-1-3-5-6;2-1(3)4/h2,4,6H,1,3,5,7H2;(H2,2,3,4). The largest absolute Gasteiger partial charge is 0.503 e. The second-order valence-corrected chi connectivity index (χ2v) is 2.31. The van der Waals surface area contributed by atoms with Crippen molar-refractivity contribution in [3.63, 3.8) is 0 Å². The van der Waals surface area contributed by atoms with E-state index in [4.69, 9.17) is 20.7 Å². The first-order chi connectivity index (χ1) is 5.13. The van der Waals surface area contributed by atoms with Crippen LogP contribution in [0, 0.1) is 0 Å². The van der Waals surface area contributed by atoms with Gasteiger partial charge in [0.1, 0.15) is 0 Å². The topological polar surface area (TPSA) is 83.6 Å². The first-order valence-corrected chi connectivity index (χ1v) is 3.47. The highest BCUT2D eigenvalue weighted by Crippen LogP contribution is 2.06. The lowest BCUT2D eigenvalue weighted by Gasteiger charge is -2.08. The summed E-state index contributed by atoms with van der Waals surface area (Å²) >= 11 is 0. The lowest BCUT2D eigenvalue weighted by Crippen LogP contribution is -2.17. The Morgan fingerprint density at radius 2 is 2.09 bits per heavy atom.